The number of hydrogen-bond donors (Lipinski definition) is 2. The van der Waals surface area contributed by atoms with E-state index in [-0.39, 0.29) is 6.04 Å². The van der Waals surface area contributed by atoms with Crippen LogP contribution in [-0.2, 0) is 19.4 Å². The number of aryl methyl sites for hydroxylation is 2. The van der Waals surface area contributed by atoms with Crippen LogP contribution < -0.4 is 10.6 Å². The van der Waals surface area contributed by atoms with Crippen molar-refractivity contribution in [2.24, 2.45) is 4.99 Å². The summed E-state index contributed by atoms with van der Waals surface area (Å²) in [5.74, 6) is 3.00. The van der Waals surface area contributed by atoms with Crippen LogP contribution in [0.15, 0.2) is 35.6 Å². The van der Waals surface area contributed by atoms with Crippen LogP contribution in [-0.4, -0.2) is 45.8 Å². The molecule has 0 saturated carbocycles. The normalized spacial score (nSPS) is 12.8. The second-order valence-corrected chi connectivity index (χ2v) is 7.74. The Balaban J connectivity index is 1.95. The van der Waals surface area contributed by atoms with E-state index in [2.05, 4.69) is 76.7 Å². The summed E-state index contributed by atoms with van der Waals surface area (Å²) in [7, 11) is 0. The predicted octanol–water partition coefficient (Wildman–Crippen LogP) is 3.45. The zero-order valence-electron chi connectivity index (χ0n) is 17.6. The molecule has 1 aromatic carbocycles. The maximum atomic E-state index is 4.76. The Morgan fingerprint density at radius 1 is 1.21 bits per heavy atom. The average Bonchev–Trinajstić information content (AvgIpc) is 3.18. The van der Waals surface area contributed by atoms with Gasteiger partial charge in [0.25, 0.3) is 0 Å². The van der Waals surface area contributed by atoms with Gasteiger partial charge in [0.1, 0.15) is 12.2 Å². The third kappa shape index (κ3) is 7.19. The maximum Gasteiger partial charge on any atom is 0.191 e. The van der Waals surface area contributed by atoms with Crippen LogP contribution >= 0.6 is 11.8 Å². The van der Waals surface area contributed by atoms with Gasteiger partial charge in [0.15, 0.2) is 5.96 Å². The minimum Gasteiger partial charge on any atom is -0.355 e. The molecule has 0 fully saturated rings. The van der Waals surface area contributed by atoms with Gasteiger partial charge in [-0.25, -0.2) is 0 Å². The topological polar surface area (TPSA) is 67.1 Å². The number of guanidine groups is 1. The Morgan fingerprint density at radius 2 is 2.00 bits per heavy atom. The minimum absolute atomic E-state index is 0.193. The second-order valence-electron chi connectivity index (χ2n) is 6.76. The zero-order chi connectivity index (χ0) is 20.2. The van der Waals surface area contributed by atoms with Gasteiger partial charge >= 0.3 is 0 Å². The summed E-state index contributed by atoms with van der Waals surface area (Å²) >= 11 is 1.86. The smallest absolute Gasteiger partial charge is 0.191 e. The molecule has 6 nitrogen and oxygen atoms in total. The molecule has 2 aromatic rings. The predicted molar refractivity (Wildman–Crippen MR) is 120 cm³/mol. The van der Waals surface area contributed by atoms with E-state index in [9.17, 15) is 0 Å². The van der Waals surface area contributed by atoms with E-state index >= 15 is 0 Å². The van der Waals surface area contributed by atoms with Crippen LogP contribution in [0.3, 0.4) is 0 Å². The van der Waals surface area contributed by atoms with Gasteiger partial charge in [-0.2, -0.15) is 11.8 Å². The standard InChI is InChI=1S/C21H34N6S/c1-5-18-8-10-19(11-9-18)17(3)25-21(22-12-7-15-28-4)23-13-14-27-16-24-26-20(27)6-2/h8-11,16-17H,5-7,12-15H2,1-4H3,(H2,22,23,25). The molecule has 0 aliphatic carbocycles. The monoisotopic (exact) mass is 402 g/mol. The quantitative estimate of drug-likeness (QED) is 0.342. The van der Waals surface area contributed by atoms with Crippen molar-refractivity contribution in [1.29, 1.82) is 0 Å². The van der Waals surface area contributed by atoms with Crippen LogP contribution in [0.25, 0.3) is 0 Å². The summed E-state index contributed by atoms with van der Waals surface area (Å²) in [5, 5.41) is 15.2. The van der Waals surface area contributed by atoms with Crippen molar-refractivity contribution in [1.82, 2.24) is 25.4 Å². The van der Waals surface area contributed by atoms with Crippen molar-refractivity contribution in [2.45, 2.75) is 52.6 Å². The summed E-state index contributed by atoms with van der Waals surface area (Å²) in [5.41, 5.74) is 2.63. The van der Waals surface area contributed by atoms with Crippen LogP contribution in [0.2, 0.25) is 0 Å². The molecule has 7 heteroatoms. The summed E-state index contributed by atoms with van der Waals surface area (Å²) < 4.78 is 2.09. The molecule has 1 heterocycles. The van der Waals surface area contributed by atoms with Gasteiger partial charge in [-0.1, -0.05) is 38.1 Å². The number of nitrogens with one attached hydrogen (secondary N) is 2. The lowest BCUT2D eigenvalue weighted by molar-refractivity contribution is 0.618. The van der Waals surface area contributed by atoms with Gasteiger partial charge < -0.3 is 15.2 Å². The fourth-order valence-corrected chi connectivity index (χ4v) is 3.33. The molecule has 154 valence electrons. The lowest BCUT2D eigenvalue weighted by Gasteiger charge is -2.19. The molecule has 0 aliphatic heterocycles. The highest BCUT2D eigenvalue weighted by molar-refractivity contribution is 7.98. The number of nitrogens with zero attached hydrogens (tertiary/aromatic N) is 4. The molecule has 1 aromatic heterocycles. The van der Waals surface area contributed by atoms with Gasteiger partial charge in [-0.05, 0) is 42.9 Å². The van der Waals surface area contributed by atoms with Gasteiger partial charge in [-0.15, -0.1) is 10.2 Å². The fourth-order valence-electron chi connectivity index (χ4n) is 2.92. The molecule has 0 spiro atoms. The molecule has 2 rings (SSSR count). The van der Waals surface area contributed by atoms with Crippen LogP contribution in [0.5, 0.6) is 0 Å². The van der Waals surface area contributed by atoms with E-state index in [1.807, 2.05) is 11.8 Å². The van der Waals surface area contributed by atoms with E-state index in [1.54, 1.807) is 6.33 Å². The number of rotatable bonds is 11. The van der Waals surface area contributed by atoms with Crippen molar-refractivity contribution in [3.63, 3.8) is 0 Å². The van der Waals surface area contributed by atoms with E-state index in [1.165, 1.54) is 11.1 Å². The van der Waals surface area contributed by atoms with E-state index in [0.29, 0.717) is 0 Å². The number of hydrogen-bond acceptors (Lipinski definition) is 4. The van der Waals surface area contributed by atoms with Gasteiger partial charge in [0.2, 0.25) is 0 Å². The van der Waals surface area contributed by atoms with Gasteiger partial charge in [0.05, 0.1) is 6.04 Å². The molecule has 2 N–H and O–H groups in total. The van der Waals surface area contributed by atoms with E-state index in [0.717, 1.165) is 56.4 Å². The fraction of sp³-hybridized carbons (Fsp3) is 0.571. The molecular formula is C21H34N6S. The summed E-state index contributed by atoms with van der Waals surface area (Å²) in [6.45, 7) is 8.88. The zero-order valence-corrected chi connectivity index (χ0v) is 18.4. The molecule has 0 radical (unpaired) electrons. The van der Waals surface area contributed by atoms with Gasteiger partial charge in [0, 0.05) is 26.1 Å². The molecule has 1 unspecified atom stereocenters. The Kier molecular flexibility index (Phi) is 9.90. The summed E-state index contributed by atoms with van der Waals surface area (Å²) in [6, 6.07) is 9.00. The molecule has 0 saturated heterocycles. The largest absolute Gasteiger partial charge is 0.355 e. The number of benzene rings is 1. The Bertz CT molecular complexity index is 710. The highest BCUT2D eigenvalue weighted by atomic mass is 32.2. The number of aromatic nitrogens is 3. The number of thioether (sulfide) groups is 1. The van der Waals surface area contributed by atoms with Crippen LogP contribution in [0.1, 0.15) is 50.2 Å². The van der Waals surface area contributed by atoms with E-state index in [4.69, 9.17) is 4.99 Å². The maximum absolute atomic E-state index is 4.76. The molecule has 0 amide bonds. The molecule has 1 atom stereocenters. The molecule has 0 aliphatic rings. The third-order valence-electron chi connectivity index (χ3n) is 4.67. The Morgan fingerprint density at radius 3 is 2.68 bits per heavy atom. The SMILES string of the molecule is CCc1ccc(C(C)NC(=NCCCSC)NCCn2cnnc2CC)cc1. The Hall–Kier alpha value is -2.02. The second kappa shape index (κ2) is 12.4. The lowest BCUT2D eigenvalue weighted by atomic mass is 10.1. The van der Waals surface area contributed by atoms with Crippen molar-refractivity contribution >= 4 is 17.7 Å². The first-order valence-electron chi connectivity index (χ1n) is 10.2. The third-order valence-corrected chi connectivity index (χ3v) is 5.37. The molecule has 0 bridgehead atoms. The summed E-state index contributed by atoms with van der Waals surface area (Å²) in [4.78, 5) is 4.76. The van der Waals surface area contributed by atoms with Crippen LogP contribution in [0.4, 0.5) is 0 Å². The van der Waals surface area contributed by atoms with Crippen LogP contribution in [0, 0.1) is 0 Å². The Labute approximate surface area is 173 Å². The molecule has 28 heavy (non-hydrogen) atoms. The number of aliphatic imine (C=N–C) groups is 1. The minimum atomic E-state index is 0.193. The van der Waals surface area contributed by atoms with Crippen molar-refractivity contribution in [3.8, 4) is 0 Å². The molecular weight excluding hydrogens is 368 g/mol. The average molecular weight is 403 g/mol. The lowest BCUT2D eigenvalue weighted by Crippen LogP contribution is -2.40. The van der Waals surface area contributed by atoms with Crippen molar-refractivity contribution in [3.05, 3.63) is 47.5 Å². The summed E-state index contributed by atoms with van der Waals surface area (Å²) in [6.07, 6.45) is 6.96. The highest BCUT2D eigenvalue weighted by Crippen LogP contribution is 2.13. The van der Waals surface area contributed by atoms with Gasteiger partial charge in [-0.3, -0.25) is 4.99 Å². The first-order chi connectivity index (χ1) is 13.7. The van der Waals surface area contributed by atoms with Crippen molar-refractivity contribution < 1.29 is 0 Å². The van der Waals surface area contributed by atoms with E-state index < -0.39 is 0 Å². The van der Waals surface area contributed by atoms with Crippen molar-refractivity contribution in [2.75, 3.05) is 25.1 Å². The first-order valence-corrected chi connectivity index (χ1v) is 11.6. The highest BCUT2D eigenvalue weighted by Gasteiger charge is 2.09. The first kappa shape index (κ1) is 22.3.